The summed E-state index contributed by atoms with van der Waals surface area (Å²) in [5.74, 6) is 1.72. The van der Waals surface area contributed by atoms with Gasteiger partial charge >= 0.3 is 0 Å². The van der Waals surface area contributed by atoms with Crippen molar-refractivity contribution in [3.63, 3.8) is 0 Å². The molecule has 294 valence electrons. The Morgan fingerprint density at radius 2 is 0.857 bits per heavy atom. The summed E-state index contributed by atoms with van der Waals surface area (Å²) >= 11 is 0. The van der Waals surface area contributed by atoms with Crippen molar-refractivity contribution in [3.05, 3.63) is 212 Å². The van der Waals surface area contributed by atoms with Crippen molar-refractivity contribution < 1.29 is 4.42 Å². The molecule has 0 radical (unpaired) electrons. The Bertz CT molecular complexity index is 3900. The van der Waals surface area contributed by atoms with E-state index in [2.05, 4.69) is 173 Å². The molecule has 9 aromatic carbocycles. The molecule has 4 heterocycles. The highest BCUT2D eigenvalue weighted by atomic mass is 16.3. The molecule has 0 fully saturated rings. The molecule has 0 aliphatic carbocycles. The summed E-state index contributed by atoms with van der Waals surface area (Å²) < 4.78 is 11.7. The lowest BCUT2D eigenvalue weighted by Gasteiger charge is -2.13. The Hall–Kier alpha value is -8.61. The van der Waals surface area contributed by atoms with E-state index in [0.717, 1.165) is 72.2 Å². The zero-order chi connectivity index (χ0) is 41.4. The van der Waals surface area contributed by atoms with Gasteiger partial charge in [0.2, 0.25) is 0 Å². The molecule has 13 aromatic rings. The first-order valence-corrected chi connectivity index (χ1v) is 21.2. The summed E-state index contributed by atoms with van der Waals surface area (Å²) in [5.41, 5.74) is 13.1. The van der Waals surface area contributed by atoms with Crippen LogP contribution >= 0.6 is 0 Å². The van der Waals surface area contributed by atoms with E-state index in [1.54, 1.807) is 0 Å². The van der Waals surface area contributed by atoms with Gasteiger partial charge in [0, 0.05) is 43.7 Å². The first kappa shape index (κ1) is 35.2. The quantitative estimate of drug-likeness (QED) is 0.168. The number of hydrogen-bond acceptors (Lipinski definition) is 4. The summed E-state index contributed by atoms with van der Waals surface area (Å²) in [6.07, 6.45) is 0. The van der Waals surface area contributed by atoms with Gasteiger partial charge in [-0.05, 0) is 71.8 Å². The van der Waals surface area contributed by atoms with Gasteiger partial charge in [0.25, 0.3) is 0 Å². The molecular weight excluding hydrogens is 771 g/mol. The minimum Gasteiger partial charge on any atom is -0.455 e. The van der Waals surface area contributed by atoms with Crippen LogP contribution in [0.15, 0.2) is 217 Å². The summed E-state index contributed by atoms with van der Waals surface area (Å²) in [6, 6.07) is 74.3. The van der Waals surface area contributed by atoms with E-state index >= 15 is 0 Å². The van der Waals surface area contributed by atoms with Gasteiger partial charge in [-0.2, -0.15) is 0 Å². The van der Waals surface area contributed by atoms with Crippen LogP contribution in [-0.2, 0) is 0 Å². The van der Waals surface area contributed by atoms with Crippen LogP contribution in [0.4, 0.5) is 0 Å². The van der Waals surface area contributed by atoms with Crippen LogP contribution in [-0.4, -0.2) is 24.1 Å². The molecule has 6 nitrogen and oxygen atoms in total. The van der Waals surface area contributed by atoms with Crippen molar-refractivity contribution in [1.82, 2.24) is 24.1 Å². The zero-order valence-electron chi connectivity index (χ0n) is 33.9. The number of fused-ring (bicyclic) bond motifs is 10. The Kier molecular flexibility index (Phi) is 7.80. The molecule has 0 saturated heterocycles. The number of para-hydroxylation sites is 4. The van der Waals surface area contributed by atoms with Crippen LogP contribution in [0.1, 0.15) is 0 Å². The summed E-state index contributed by atoms with van der Waals surface area (Å²) in [4.78, 5) is 15.5. The van der Waals surface area contributed by atoms with E-state index in [0.29, 0.717) is 17.5 Å². The highest BCUT2D eigenvalue weighted by Crippen LogP contribution is 2.45. The molecule has 0 bridgehead atoms. The fourth-order valence-corrected chi connectivity index (χ4v) is 9.62. The number of furan rings is 1. The average molecular weight is 806 g/mol. The lowest BCUT2D eigenvalue weighted by molar-refractivity contribution is 0.669. The molecule has 0 saturated carbocycles. The largest absolute Gasteiger partial charge is 0.455 e. The SMILES string of the molecule is c1ccc(-c2cccc(-c3nc(-c4ccccc4)nc(-c4ccc(-n5c6ccccc6c6c7c8ccccc8n(-c8ccccc8)c7ccc65)c5c4oc4ccccc45)n3)c2)cc1. The maximum absolute atomic E-state index is 6.93. The van der Waals surface area contributed by atoms with Crippen LogP contribution in [0.2, 0.25) is 0 Å². The van der Waals surface area contributed by atoms with Crippen molar-refractivity contribution in [2.45, 2.75) is 0 Å². The van der Waals surface area contributed by atoms with Gasteiger partial charge in [-0.15, -0.1) is 0 Å². The van der Waals surface area contributed by atoms with E-state index in [1.165, 1.54) is 32.6 Å². The van der Waals surface area contributed by atoms with Gasteiger partial charge in [0.05, 0.1) is 38.7 Å². The monoisotopic (exact) mass is 805 g/mol. The number of nitrogens with zero attached hydrogens (tertiary/aromatic N) is 5. The van der Waals surface area contributed by atoms with Crippen molar-refractivity contribution >= 4 is 65.6 Å². The van der Waals surface area contributed by atoms with Gasteiger partial charge in [-0.3, -0.25) is 0 Å². The number of rotatable bonds is 6. The molecular formula is C57H35N5O. The number of benzene rings is 9. The highest BCUT2D eigenvalue weighted by molar-refractivity contribution is 6.29. The fraction of sp³-hybridized carbons (Fsp3) is 0. The smallest absolute Gasteiger partial charge is 0.167 e. The second-order valence-corrected chi connectivity index (χ2v) is 15.9. The predicted molar refractivity (Wildman–Crippen MR) is 258 cm³/mol. The summed E-state index contributed by atoms with van der Waals surface area (Å²) in [5, 5.41) is 6.86. The van der Waals surface area contributed by atoms with Crippen LogP contribution in [0.3, 0.4) is 0 Å². The maximum Gasteiger partial charge on any atom is 0.167 e. The first-order valence-electron chi connectivity index (χ1n) is 21.2. The molecule has 6 heteroatoms. The summed E-state index contributed by atoms with van der Waals surface area (Å²) in [7, 11) is 0. The van der Waals surface area contributed by atoms with Crippen LogP contribution in [0.25, 0.3) is 122 Å². The molecule has 0 amide bonds. The van der Waals surface area contributed by atoms with Gasteiger partial charge in [0.1, 0.15) is 11.2 Å². The highest BCUT2D eigenvalue weighted by Gasteiger charge is 2.25. The maximum atomic E-state index is 6.93. The molecule has 13 rings (SSSR count). The summed E-state index contributed by atoms with van der Waals surface area (Å²) in [6.45, 7) is 0. The zero-order valence-corrected chi connectivity index (χ0v) is 33.9. The van der Waals surface area contributed by atoms with Crippen molar-refractivity contribution in [2.24, 2.45) is 0 Å². The third-order valence-electron chi connectivity index (χ3n) is 12.4. The van der Waals surface area contributed by atoms with E-state index in [9.17, 15) is 0 Å². The van der Waals surface area contributed by atoms with Crippen molar-refractivity contribution in [3.8, 4) is 56.7 Å². The molecule has 4 aromatic heterocycles. The predicted octanol–water partition coefficient (Wildman–Crippen LogP) is 14.6. The Labute approximate surface area is 361 Å². The van der Waals surface area contributed by atoms with E-state index in [-0.39, 0.29) is 0 Å². The second-order valence-electron chi connectivity index (χ2n) is 15.9. The fourth-order valence-electron chi connectivity index (χ4n) is 9.62. The molecule has 0 unspecified atom stereocenters. The Morgan fingerprint density at radius 1 is 0.333 bits per heavy atom. The topological polar surface area (TPSA) is 61.7 Å². The van der Waals surface area contributed by atoms with Crippen LogP contribution in [0.5, 0.6) is 0 Å². The number of hydrogen-bond donors (Lipinski definition) is 0. The van der Waals surface area contributed by atoms with Crippen LogP contribution in [0, 0.1) is 0 Å². The Balaban J connectivity index is 1.08. The standard InChI is InChI=1S/C57H35N5O/c1-4-17-36(18-5-1)38-21-16-22-39(35-38)56-58-55(37-19-6-2-7-20-37)59-57(60-56)44-31-32-49(53-43-27-12-15-30-50(43)63-54(44)53)62-46-29-14-11-26-42(46)52-48(62)34-33-47-51(52)41-25-10-13-28-45(41)61(47)40-23-8-3-9-24-40/h1-35H. The minimum atomic E-state index is 0.539. The molecule has 0 spiro atoms. The molecule has 0 aliphatic heterocycles. The normalized spacial score (nSPS) is 11.8. The second kappa shape index (κ2) is 14.0. The number of aromatic nitrogens is 5. The minimum absolute atomic E-state index is 0.539. The lowest BCUT2D eigenvalue weighted by atomic mass is 10.0. The van der Waals surface area contributed by atoms with E-state index in [1.807, 2.05) is 48.5 Å². The molecule has 63 heavy (non-hydrogen) atoms. The third-order valence-corrected chi connectivity index (χ3v) is 12.4. The molecule has 0 atom stereocenters. The third kappa shape index (κ3) is 5.48. The van der Waals surface area contributed by atoms with Gasteiger partial charge < -0.3 is 13.6 Å². The van der Waals surface area contributed by atoms with Crippen LogP contribution < -0.4 is 0 Å². The van der Waals surface area contributed by atoms with Gasteiger partial charge in [0.15, 0.2) is 17.5 Å². The van der Waals surface area contributed by atoms with E-state index in [4.69, 9.17) is 19.4 Å². The Morgan fingerprint density at radius 3 is 1.57 bits per heavy atom. The lowest BCUT2D eigenvalue weighted by Crippen LogP contribution is -2.01. The van der Waals surface area contributed by atoms with Crippen molar-refractivity contribution in [2.75, 3.05) is 0 Å². The van der Waals surface area contributed by atoms with E-state index < -0.39 is 0 Å². The van der Waals surface area contributed by atoms with Gasteiger partial charge in [-0.25, -0.2) is 15.0 Å². The molecule has 0 aliphatic rings. The molecule has 0 N–H and O–H groups in total. The average Bonchev–Trinajstić information content (AvgIpc) is 4.03. The van der Waals surface area contributed by atoms with Gasteiger partial charge in [-0.1, -0.05) is 152 Å². The first-order chi connectivity index (χ1) is 31.3. The van der Waals surface area contributed by atoms with Crippen molar-refractivity contribution in [1.29, 1.82) is 0 Å².